The molecule has 4 heteroatoms. The molecule has 1 unspecified atom stereocenters. The van der Waals surface area contributed by atoms with Crippen LogP contribution in [0.25, 0.3) is 0 Å². The van der Waals surface area contributed by atoms with Crippen molar-refractivity contribution in [1.29, 1.82) is 0 Å². The molecule has 2 aromatic rings. The summed E-state index contributed by atoms with van der Waals surface area (Å²) in [5.41, 5.74) is 1.11. The first kappa shape index (κ1) is 13.1. The Morgan fingerprint density at radius 3 is 2.56 bits per heavy atom. The van der Waals surface area contributed by atoms with Crippen LogP contribution in [0.4, 0.5) is 0 Å². The second-order valence-corrected chi connectivity index (χ2v) is 4.45. The van der Waals surface area contributed by atoms with Crippen molar-refractivity contribution in [3.8, 4) is 0 Å². The summed E-state index contributed by atoms with van der Waals surface area (Å²) < 4.78 is 10.8. The van der Waals surface area contributed by atoms with E-state index >= 15 is 0 Å². The highest BCUT2D eigenvalue weighted by molar-refractivity contribution is 6.30. The number of furan rings is 1. The van der Waals surface area contributed by atoms with Gasteiger partial charge in [0.05, 0.1) is 6.04 Å². The van der Waals surface area contributed by atoms with Crippen LogP contribution in [0.1, 0.15) is 23.1 Å². The summed E-state index contributed by atoms with van der Waals surface area (Å²) in [6.07, 6.45) is 0. The minimum absolute atomic E-state index is 0.0212. The first-order valence-electron chi connectivity index (χ1n) is 5.75. The van der Waals surface area contributed by atoms with Gasteiger partial charge in [-0.3, -0.25) is 0 Å². The van der Waals surface area contributed by atoms with Gasteiger partial charge in [0.15, 0.2) is 0 Å². The molecule has 1 heterocycles. The molecule has 2 rings (SSSR count). The Morgan fingerprint density at radius 1 is 1.22 bits per heavy atom. The molecule has 0 bridgehead atoms. The standard InChI is InChI=1S/C14H16ClNO2/c1-16-14(10-3-5-11(15)6-4-10)13-8-7-12(18-13)9-17-2/h3-8,14,16H,9H2,1-2H3. The second kappa shape index (κ2) is 6.05. The first-order valence-corrected chi connectivity index (χ1v) is 6.12. The van der Waals surface area contributed by atoms with E-state index in [-0.39, 0.29) is 6.04 Å². The lowest BCUT2D eigenvalue weighted by molar-refractivity contribution is 0.162. The van der Waals surface area contributed by atoms with Crippen LogP contribution in [-0.4, -0.2) is 14.2 Å². The molecular weight excluding hydrogens is 250 g/mol. The van der Waals surface area contributed by atoms with Gasteiger partial charge < -0.3 is 14.5 Å². The molecule has 1 atom stereocenters. The van der Waals surface area contributed by atoms with Crippen molar-refractivity contribution in [3.05, 3.63) is 58.5 Å². The van der Waals surface area contributed by atoms with Gasteiger partial charge in [-0.2, -0.15) is 0 Å². The summed E-state index contributed by atoms with van der Waals surface area (Å²) in [4.78, 5) is 0. The molecule has 0 amide bonds. The maximum absolute atomic E-state index is 5.89. The van der Waals surface area contributed by atoms with Crippen molar-refractivity contribution in [3.63, 3.8) is 0 Å². The van der Waals surface area contributed by atoms with Crippen LogP contribution in [0.3, 0.4) is 0 Å². The van der Waals surface area contributed by atoms with Gasteiger partial charge in [0, 0.05) is 12.1 Å². The number of rotatable bonds is 5. The van der Waals surface area contributed by atoms with Gasteiger partial charge in [-0.05, 0) is 36.9 Å². The molecule has 0 aliphatic rings. The van der Waals surface area contributed by atoms with Crippen molar-refractivity contribution >= 4 is 11.6 Å². The fourth-order valence-electron chi connectivity index (χ4n) is 1.90. The molecule has 1 aromatic carbocycles. The normalized spacial score (nSPS) is 12.6. The van der Waals surface area contributed by atoms with Gasteiger partial charge in [0.25, 0.3) is 0 Å². The number of ether oxygens (including phenoxy) is 1. The van der Waals surface area contributed by atoms with Gasteiger partial charge in [0.2, 0.25) is 0 Å². The molecule has 0 aliphatic carbocycles. The zero-order chi connectivity index (χ0) is 13.0. The van der Waals surface area contributed by atoms with Crippen molar-refractivity contribution in [2.75, 3.05) is 14.2 Å². The van der Waals surface area contributed by atoms with Gasteiger partial charge >= 0.3 is 0 Å². The van der Waals surface area contributed by atoms with E-state index < -0.39 is 0 Å². The van der Waals surface area contributed by atoms with Crippen molar-refractivity contribution < 1.29 is 9.15 Å². The Hall–Kier alpha value is -1.29. The topological polar surface area (TPSA) is 34.4 Å². The molecule has 0 fully saturated rings. The van der Waals surface area contributed by atoms with E-state index in [1.165, 1.54) is 0 Å². The van der Waals surface area contributed by atoms with Crippen molar-refractivity contribution in [2.24, 2.45) is 0 Å². The molecule has 1 aromatic heterocycles. The van der Waals surface area contributed by atoms with Crippen LogP contribution in [0.2, 0.25) is 5.02 Å². The molecule has 1 N–H and O–H groups in total. The lowest BCUT2D eigenvalue weighted by Crippen LogP contribution is -2.16. The Kier molecular flexibility index (Phi) is 4.42. The van der Waals surface area contributed by atoms with Gasteiger partial charge in [0.1, 0.15) is 18.1 Å². The predicted octanol–water partition coefficient (Wildman–Crippen LogP) is 3.39. The molecule has 0 saturated carbocycles. The minimum atomic E-state index is 0.0212. The zero-order valence-corrected chi connectivity index (χ0v) is 11.2. The summed E-state index contributed by atoms with van der Waals surface area (Å²) in [7, 11) is 3.55. The van der Waals surface area contributed by atoms with E-state index in [0.29, 0.717) is 6.61 Å². The van der Waals surface area contributed by atoms with E-state index in [0.717, 1.165) is 22.1 Å². The number of hydrogen-bond acceptors (Lipinski definition) is 3. The monoisotopic (exact) mass is 265 g/mol. The quantitative estimate of drug-likeness (QED) is 0.900. The highest BCUT2D eigenvalue weighted by Gasteiger charge is 2.15. The molecule has 18 heavy (non-hydrogen) atoms. The minimum Gasteiger partial charge on any atom is -0.462 e. The molecule has 0 spiro atoms. The number of hydrogen-bond donors (Lipinski definition) is 1. The Balaban J connectivity index is 2.24. The molecule has 0 aliphatic heterocycles. The van der Waals surface area contributed by atoms with Crippen LogP contribution >= 0.6 is 11.6 Å². The Bertz CT molecular complexity index is 493. The fourth-order valence-corrected chi connectivity index (χ4v) is 2.02. The summed E-state index contributed by atoms with van der Waals surface area (Å²) in [6.45, 7) is 0.483. The predicted molar refractivity (Wildman–Crippen MR) is 71.8 cm³/mol. The summed E-state index contributed by atoms with van der Waals surface area (Å²) >= 11 is 5.89. The lowest BCUT2D eigenvalue weighted by atomic mass is 10.1. The average molecular weight is 266 g/mol. The van der Waals surface area contributed by atoms with Crippen LogP contribution in [0, 0.1) is 0 Å². The van der Waals surface area contributed by atoms with Gasteiger partial charge in [-0.25, -0.2) is 0 Å². The fraction of sp³-hybridized carbons (Fsp3) is 0.286. The van der Waals surface area contributed by atoms with E-state index in [9.17, 15) is 0 Å². The zero-order valence-electron chi connectivity index (χ0n) is 10.4. The number of methoxy groups -OCH3 is 1. The number of benzene rings is 1. The molecule has 0 radical (unpaired) electrons. The van der Waals surface area contributed by atoms with Crippen LogP contribution in [0.15, 0.2) is 40.8 Å². The SMILES string of the molecule is CNC(c1ccc(Cl)cc1)c1ccc(COC)o1. The maximum Gasteiger partial charge on any atom is 0.129 e. The highest BCUT2D eigenvalue weighted by atomic mass is 35.5. The van der Waals surface area contributed by atoms with E-state index in [2.05, 4.69) is 5.32 Å². The first-order chi connectivity index (χ1) is 8.74. The third-order valence-electron chi connectivity index (χ3n) is 2.75. The second-order valence-electron chi connectivity index (χ2n) is 4.01. The van der Waals surface area contributed by atoms with Crippen LogP contribution in [0.5, 0.6) is 0 Å². The third-order valence-corrected chi connectivity index (χ3v) is 3.00. The van der Waals surface area contributed by atoms with Crippen molar-refractivity contribution in [2.45, 2.75) is 12.6 Å². The van der Waals surface area contributed by atoms with Crippen LogP contribution < -0.4 is 5.32 Å². The molecule has 0 saturated heterocycles. The average Bonchev–Trinajstić information content (AvgIpc) is 2.82. The van der Waals surface area contributed by atoms with E-state index in [1.54, 1.807) is 7.11 Å². The van der Waals surface area contributed by atoms with Crippen molar-refractivity contribution in [1.82, 2.24) is 5.32 Å². The largest absolute Gasteiger partial charge is 0.462 e. The highest BCUT2D eigenvalue weighted by Crippen LogP contribution is 2.25. The number of halogens is 1. The van der Waals surface area contributed by atoms with E-state index in [1.807, 2.05) is 43.4 Å². The van der Waals surface area contributed by atoms with E-state index in [4.69, 9.17) is 20.8 Å². The molecular formula is C14H16ClNO2. The maximum atomic E-state index is 5.89. The third kappa shape index (κ3) is 2.93. The van der Waals surface area contributed by atoms with Crippen LogP contribution in [-0.2, 0) is 11.3 Å². The smallest absolute Gasteiger partial charge is 0.129 e. The molecule has 3 nitrogen and oxygen atoms in total. The molecule has 96 valence electrons. The lowest BCUT2D eigenvalue weighted by Gasteiger charge is -2.14. The Morgan fingerprint density at radius 2 is 1.94 bits per heavy atom. The summed E-state index contributed by atoms with van der Waals surface area (Å²) in [6, 6.07) is 11.6. The van der Waals surface area contributed by atoms with Gasteiger partial charge in [-0.1, -0.05) is 23.7 Å². The summed E-state index contributed by atoms with van der Waals surface area (Å²) in [5.74, 6) is 1.69. The Labute approximate surface area is 112 Å². The summed E-state index contributed by atoms with van der Waals surface area (Å²) in [5, 5.41) is 3.96. The number of nitrogens with one attached hydrogen (secondary N) is 1. The van der Waals surface area contributed by atoms with Gasteiger partial charge in [-0.15, -0.1) is 0 Å².